The fourth-order valence-electron chi connectivity index (χ4n) is 2.49. The second-order valence-electron chi connectivity index (χ2n) is 5.60. The highest BCUT2D eigenvalue weighted by Crippen LogP contribution is 2.17. The number of hydrazone groups is 1. The molecule has 22 heavy (non-hydrogen) atoms. The van der Waals surface area contributed by atoms with Crippen LogP contribution in [-0.2, 0) is 10.5 Å². The maximum absolute atomic E-state index is 11.8. The third-order valence-electron chi connectivity index (χ3n) is 3.66. The van der Waals surface area contributed by atoms with Crippen molar-refractivity contribution < 1.29 is 4.79 Å². The minimum absolute atomic E-state index is 0.00504. The van der Waals surface area contributed by atoms with E-state index in [1.807, 2.05) is 12.1 Å². The summed E-state index contributed by atoms with van der Waals surface area (Å²) in [5, 5.41) is 4.32. The van der Waals surface area contributed by atoms with Crippen molar-refractivity contribution in [3.05, 3.63) is 34.3 Å². The Kier molecular flexibility index (Phi) is 8.02. The molecule has 0 heterocycles. The van der Waals surface area contributed by atoms with Crippen LogP contribution in [0, 0.1) is 0 Å². The average Bonchev–Trinajstić information content (AvgIpc) is 2.46. The van der Waals surface area contributed by atoms with E-state index in [4.69, 9.17) is 0 Å². The van der Waals surface area contributed by atoms with E-state index >= 15 is 0 Å². The molecule has 120 valence electrons. The van der Waals surface area contributed by atoms with Crippen LogP contribution in [0.15, 0.2) is 33.8 Å². The van der Waals surface area contributed by atoms with Gasteiger partial charge in [0.1, 0.15) is 0 Å². The van der Waals surface area contributed by atoms with E-state index < -0.39 is 0 Å². The molecule has 0 bridgehead atoms. The van der Waals surface area contributed by atoms with Gasteiger partial charge < -0.3 is 0 Å². The molecule has 0 radical (unpaired) electrons. The predicted octanol–water partition coefficient (Wildman–Crippen LogP) is 4.90. The molecular formula is C17H23BrN2OS. The number of nitrogens with zero attached hydrogens (tertiary/aromatic N) is 1. The van der Waals surface area contributed by atoms with Crippen LogP contribution in [0.3, 0.4) is 0 Å². The number of halogens is 1. The van der Waals surface area contributed by atoms with E-state index in [1.165, 1.54) is 37.7 Å². The lowest BCUT2D eigenvalue weighted by atomic mass is 9.99. The summed E-state index contributed by atoms with van der Waals surface area (Å²) in [6, 6.07) is 8.18. The van der Waals surface area contributed by atoms with Crippen LogP contribution in [0.1, 0.15) is 50.5 Å². The van der Waals surface area contributed by atoms with Crippen LogP contribution >= 0.6 is 27.7 Å². The van der Waals surface area contributed by atoms with Crippen LogP contribution in [0.25, 0.3) is 0 Å². The molecule has 0 unspecified atom stereocenters. The minimum Gasteiger partial charge on any atom is -0.272 e. The number of carbonyl (C=O) groups excluding carboxylic acids is 1. The molecule has 1 fully saturated rings. The van der Waals surface area contributed by atoms with Crippen molar-refractivity contribution in [1.82, 2.24) is 5.43 Å². The second kappa shape index (κ2) is 10.1. The van der Waals surface area contributed by atoms with Gasteiger partial charge in [0.2, 0.25) is 5.91 Å². The summed E-state index contributed by atoms with van der Waals surface area (Å²) in [5.41, 5.74) is 5.10. The third-order valence-corrected chi connectivity index (χ3v) is 5.16. The summed E-state index contributed by atoms with van der Waals surface area (Å²) in [7, 11) is 0. The molecular weight excluding hydrogens is 360 g/mol. The van der Waals surface area contributed by atoms with Crippen molar-refractivity contribution >= 4 is 39.3 Å². The van der Waals surface area contributed by atoms with Gasteiger partial charge in [-0.3, -0.25) is 4.79 Å². The molecule has 1 aliphatic rings. The molecule has 5 heteroatoms. The van der Waals surface area contributed by atoms with E-state index in [0.717, 1.165) is 28.8 Å². The van der Waals surface area contributed by atoms with Crippen molar-refractivity contribution in [2.45, 2.75) is 50.7 Å². The van der Waals surface area contributed by atoms with E-state index in [9.17, 15) is 4.79 Å². The molecule has 3 nitrogen and oxygen atoms in total. The standard InChI is InChI=1S/C17H23BrN2OS/c18-15-8-6-7-14(11-15)12-22-13-17(21)20-19-16-9-4-2-1-3-5-10-16/h6-8,11H,1-5,9-10,12-13H2,(H,20,21). The Hall–Kier alpha value is -0.810. The Morgan fingerprint density at radius 3 is 2.64 bits per heavy atom. The van der Waals surface area contributed by atoms with Gasteiger partial charge in [-0.15, -0.1) is 11.8 Å². The molecule has 1 aromatic rings. The molecule has 0 aromatic heterocycles. The van der Waals surface area contributed by atoms with E-state index in [2.05, 4.69) is 38.6 Å². The Morgan fingerprint density at radius 1 is 1.18 bits per heavy atom. The molecule has 0 spiro atoms. The predicted molar refractivity (Wildman–Crippen MR) is 98.2 cm³/mol. The van der Waals surface area contributed by atoms with Crippen LogP contribution < -0.4 is 5.43 Å². The van der Waals surface area contributed by atoms with Crippen molar-refractivity contribution in [3.63, 3.8) is 0 Å². The largest absolute Gasteiger partial charge is 0.272 e. The van der Waals surface area contributed by atoms with Gasteiger partial charge in [-0.25, -0.2) is 5.43 Å². The quantitative estimate of drug-likeness (QED) is 0.735. The van der Waals surface area contributed by atoms with Gasteiger partial charge in [0.05, 0.1) is 5.75 Å². The fraction of sp³-hybridized carbons (Fsp3) is 0.529. The van der Waals surface area contributed by atoms with Crippen LogP contribution in [0.2, 0.25) is 0 Å². The van der Waals surface area contributed by atoms with Gasteiger partial charge in [0.15, 0.2) is 0 Å². The maximum atomic E-state index is 11.8. The van der Waals surface area contributed by atoms with Gasteiger partial charge in [0, 0.05) is 15.9 Å². The molecule has 0 atom stereocenters. The first-order valence-electron chi connectivity index (χ1n) is 7.90. The smallest absolute Gasteiger partial charge is 0.250 e. The molecule has 1 saturated carbocycles. The number of benzene rings is 1. The topological polar surface area (TPSA) is 41.5 Å². The number of hydrogen-bond donors (Lipinski definition) is 1. The monoisotopic (exact) mass is 382 g/mol. The van der Waals surface area contributed by atoms with Gasteiger partial charge in [0.25, 0.3) is 0 Å². The molecule has 2 rings (SSSR count). The number of nitrogens with one attached hydrogen (secondary N) is 1. The van der Waals surface area contributed by atoms with Crippen molar-refractivity contribution in [1.29, 1.82) is 0 Å². The van der Waals surface area contributed by atoms with Gasteiger partial charge >= 0.3 is 0 Å². The van der Waals surface area contributed by atoms with E-state index in [0.29, 0.717) is 5.75 Å². The summed E-state index contributed by atoms with van der Waals surface area (Å²) < 4.78 is 1.07. The van der Waals surface area contributed by atoms with Gasteiger partial charge in [-0.2, -0.15) is 5.10 Å². The molecule has 1 aromatic carbocycles. The summed E-state index contributed by atoms with van der Waals surface area (Å²) in [5.74, 6) is 1.28. The first-order valence-corrected chi connectivity index (χ1v) is 9.85. The number of hydrogen-bond acceptors (Lipinski definition) is 3. The van der Waals surface area contributed by atoms with Crippen LogP contribution in [0.4, 0.5) is 0 Å². The number of amides is 1. The molecule has 1 amide bonds. The van der Waals surface area contributed by atoms with Crippen LogP contribution in [0.5, 0.6) is 0 Å². The number of thioether (sulfide) groups is 1. The number of carbonyl (C=O) groups is 1. The zero-order valence-corrected chi connectivity index (χ0v) is 15.2. The van der Waals surface area contributed by atoms with E-state index in [1.54, 1.807) is 11.8 Å². The highest BCUT2D eigenvalue weighted by Gasteiger charge is 2.06. The van der Waals surface area contributed by atoms with Gasteiger partial charge in [-0.05, 0) is 43.4 Å². The lowest BCUT2D eigenvalue weighted by molar-refractivity contribution is -0.118. The Labute approximate surface area is 145 Å². The fourth-order valence-corrected chi connectivity index (χ4v) is 3.70. The summed E-state index contributed by atoms with van der Waals surface area (Å²) in [4.78, 5) is 11.8. The molecule has 0 aliphatic heterocycles. The van der Waals surface area contributed by atoms with E-state index in [-0.39, 0.29) is 5.91 Å². The third kappa shape index (κ3) is 6.97. The Bertz CT molecular complexity index is 509. The Balaban J connectivity index is 1.68. The van der Waals surface area contributed by atoms with Crippen molar-refractivity contribution in [2.24, 2.45) is 5.10 Å². The molecule has 1 N–H and O–H groups in total. The number of rotatable bonds is 5. The highest BCUT2D eigenvalue weighted by atomic mass is 79.9. The normalized spacial score (nSPS) is 15.8. The average molecular weight is 383 g/mol. The minimum atomic E-state index is -0.00504. The summed E-state index contributed by atoms with van der Waals surface area (Å²) in [6.45, 7) is 0. The summed E-state index contributed by atoms with van der Waals surface area (Å²) in [6.07, 6.45) is 8.38. The van der Waals surface area contributed by atoms with Crippen molar-refractivity contribution in [3.8, 4) is 0 Å². The Morgan fingerprint density at radius 2 is 1.91 bits per heavy atom. The van der Waals surface area contributed by atoms with Crippen LogP contribution in [-0.4, -0.2) is 17.4 Å². The second-order valence-corrected chi connectivity index (χ2v) is 7.50. The lowest BCUT2D eigenvalue weighted by Gasteiger charge is -2.10. The molecule has 1 aliphatic carbocycles. The maximum Gasteiger partial charge on any atom is 0.250 e. The molecule has 0 saturated heterocycles. The van der Waals surface area contributed by atoms with Crippen molar-refractivity contribution in [2.75, 3.05) is 5.75 Å². The summed E-state index contributed by atoms with van der Waals surface area (Å²) >= 11 is 5.07. The zero-order valence-electron chi connectivity index (χ0n) is 12.8. The first-order chi connectivity index (χ1) is 10.7. The highest BCUT2D eigenvalue weighted by molar-refractivity contribution is 9.10. The SMILES string of the molecule is O=C(CSCc1cccc(Br)c1)NN=C1CCCCCCC1. The lowest BCUT2D eigenvalue weighted by Crippen LogP contribution is -2.22. The first kappa shape index (κ1) is 17.5. The van der Waals surface area contributed by atoms with Gasteiger partial charge in [-0.1, -0.05) is 47.3 Å². The zero-order chi connectivity index (χ0) is 15.6.